The van der Waals surface area contributed by atoms with Crippen LogP contribution < -0.4 is 5.32 Å². The van der Waals surface area contributed by atoms with Gasteiger partial charge in [-0.2, -0.15) is 0 Å². The Balaban J connectivity index is 3.03. The lowest BCUT2D eigenvalue weighted by Crippen LogP contribution is -2.31. The number of dihydropyridines is 1. The van der Waals surface area contributed by atoms with Gasteiger partial charge < -0.3 is 5.32 Å². The van der Waals surface area contributed by atoms with Crippen molar-refractivity contribution in [3.63, 3.8) is 0 Å². The van der Waals surface area contributed by atoms with Crippen molar-refractivity contribution in [2.24, 2.45) is 0 Å². The minimum atomic E-state index is -0.408. The molecule has 1 aliphatic heterocycles. The SMILES string of the molecule is CCN(CC)CC1=CC(F)=C/C(=C\P(C(C)(C)C)C(C)(C)C)N1. The lowest BCUT2D eigenvalue weighted by atomic mass is 10.2. The van der Waals surface area contributed by atoms with Gasteiger partial charge in [0.15, 0.2) is 0 Å². The number of rotatable bonds is 5. The molecule has 4 heteroatoms. The highest BCUT2D eigenvalue weighted by Gasteiger charge is 2.33. The predicted octanol–water partition coefficient (Wildman–Crippen LogP) is 5.59. The second-order valence-electron chi connectivity index (χ2n) is 8.08. The third kappa shape index (κ3) is 6.39. The van der Waals surface area contributed by atoms with Crippen molar-refractivity contribution in [2.45, 2.75) is 65.7 Å². The number of halogens is 1. The fourth-order valence-corrected chi connectivity index (χ4v) is 6.19. The summed E-state index contributed by atoms with van der Waals surface area (Å²) in [6.45, 7) is 20.6. The van der Waals surface area contributed by atoms with Gasteiger partial charge in [-0.25, -0.2) is 4.39 Å². The minimum Gasteiger partial charge on any atom is -0.358 e. The molecule has 0 spiro atoms. The average molecular weight is 340 g/mol. The Kier molecular flexibility index (Phi) is 7.04. The molecule has 0 aromatic carbocycles. The summed E-state index contributed by atoms with van der Waals surface area (Å²) in [5, 5.41) is 3.81. The molecule has 1 heterocycles. The van der Waals surface area contributed by atoms with E-state index >= 15 is 0 Å². The maximum absolute atomic E-state index is 14.1. The molecule has 0 aromatic heterocycles. The van der Waals surface area contributed by atoms with Crippen LogP contribution in [-0.2, 0) is 0 Å². The molecule has 0 fully saturated rings. The number of nitrogens with one attached hydrogen (secondary N) is 1. The summed E-state index contributed by atoms with van der Waals surface area (Å²) in [4.78, 5) is 2.28. The van der Waals surface area contributed by atoms with Crippen molar-refractivity contribution in [3.05, 3.63) is 35.2 Å². The van der Waals surface area contributed by atoms with Gasteiger partial charge in [0, 0.05) is 17.9 Å². The molecular formula is C19H34FN2P. The van der Waals surface area contributed by atoms with Crippen LogP contribution in [0.5, 0.6) is 0 Å². The molecule has 0 amide bonds. The first-order valence-corrected chi connectivity index (χ1v) is 9.97. The molecule has 2 nitrogen and oxygen atoms in total. The summed E-state index contributed by atoms with van der Waals surface area (Å²) in [6.07, 6.45) is 3.24. The summed E-state index contributed by atoms with van der Waals surface area (Å²) in [5.74, 6) is 2.11. The van der Waals surface area contributed by atoms with Crippen molar-refractivity contribution < 1.29 is 4.39 Å². The van der Waals surface area contributed by atoms with E-state index in [2.05, 4.69) is 71.4 Å². The largest absolute Gasteiger partial charge is 0.358 e. The van der Waals surface area contributed by atoms with E-state index in [1.54, 1.807) is 12.2 Å². The van der Waals surface area contributed by atoms with Gasteiger partial charge in [-0.3, -0.25) is 4.90 Å². The monoisotopic (exact) mass is 340 g/mol. The molecule has 0 saturated carbocycles. The van der Waals surface area contributed by atoms with E-state index in [-0.39, 0.29) is 16.1 Å². The molecule has 0 bridgehead atoms. The van der Waals surface area contributed by atoms with Crippen LogP contribution >= 0.6 is 7.92 Å². The molecule has 0 saturated heterocycles. The van der Waals surface area contributed by atoms with E-state index in [0.29, 0.717) is 0 Å². The Morgan fingerprint density at radius 1 is 1.04 bits per heavy atom. The maximum Gasteiger partial charge on any atom is 0.127 e. The van der Waals surface area contributed by atoms with Gasteiger partial charge in [-0.1, -0.05) is 63.3 Å². The van der Waals surface area contributed by atoms with Crippen molar-refractivity contribution in [2.75, 3.05) is 19.6 Å². The van der Waals surface area contributed by atoms with Gasteiger partial charge in [-0.15, -0.1) is 0 Å². The van der Waals surface area contributed by atoms with E-state index in [9.17, 15) is 4.39 Å². The standard InChI is InChI=1S/C19H34FN2P/c1-9-22(10-2)13-16-11-15(20)12-17(21-16)14-23(18(3,4)5)19(6,7)8/h11-12,14,21H,9-10,13H2,1-8H3/b17-14+. The molecule has 1 aliphatic rings. The van der Waals surface area contributed by atoms with E-state index in [1.165, 1.54) is 0 Å². The number of hydrogen-bond acceptors (Lipinski definition) is 2. The van der Waals surface area contributed by atoms with Crippen LogP contribution in [0.4, 0.5) is 4.39 Å². The maximum atomic E-state index is 14.1. The molecule has 1 N–H and O–H groups in total. The van der Waals surface area contributed by atoms with Crippen LogP contribution in [-0.4, -0.2) is 34.8 Å². The van der Waals surface area contributed by atoms with Gasteiger partial charge in [0.2, 0.25) is 0 Å². The van der Waals surface area contributed by atoms with Gasteiger partial charge in [-0.05, 0) is 41.4 Å². The summed E-state index contributed by atoms with van der Waals surface area (Å²) in [7, 11) is -0.408. The van der Waals surface area contributed by atoms with Crippen LogP contribution in [0.3, 0.4) is 0 Å². The number of likely N-dealkylation sites (N-methyl/N-ethyl adjacent to an activating group) is 1. The highest BCUT2D eigenvalue weighted by atomic mass is 31.1. The highest BCUT2D eigenvalue weighted by Crippen LogP contribution is 2.60. The molecule has 23 heavy (non-hydrogen) atoms. The molecule has 132 valence electrons. The summed E-state index contributed by atoms with van der Waals surface area (Å²) < 4.78 is 14.1. The second kappa shape index (κ2) is 7.94. The van der Waals surface area contributed by atoms with Crippen LogP contribution in [0.15, 0.2) is 35.2 Å². The van der Waals surface area contributed by atoms with Crippen molar-refractivity contribution >= 4 is 7.92 Å². The van der Waals surface area contributed by atoms with Crippen LogP contribution in [0, 0.1) is 0 Å². The topological polar surface area (TPSA) is 15.3 Å². The average Bonchev–Trinajstić information content (AvgIpc) is 2.39. The molecular weight excluding hydrogens is 306 g/mol. The first-order chi connectivity index (χ1) is 10.5. The lowest BCUT2D eigenvalue weighted by molar-refractivity contribution is 0.324. The molecule has 0 radical (unpaired) electrons. The van der Waals surface area contributed by atoms with Crippen LogP contribution in [0.2, 0.25) is 0 Å². The third-order valence-corrected chi connectivity index (χ3v) is 7.34. The Morgan fingerprint density at radius 2 is 1.57 bits per heavy atom. The lowest BCUT2D eigenvalue weighted by Gasteiger charge is -2.40. The summed E-state index contributed by atoms with van der Waals surface area (Å²) in [6, 6.07) is 0. The Bertz CT molecular complexity index is 474. The zero-order valence-corrected chi connectivity index (χ0v) is 17.0. The van der Waals surface area contributed by atoms with Crippen LogP contribution in [0.25, 0.3) is 0 Å². The van der Waals surface area contributed by atoms with E-state index in [4.69, 9.17) is 0 Å². The number of allylic oxidation sites excluding steroid dienone is 3. The predicted molar refractivity (Wildman–Crippen MR) is 103 cm³/mol. The molecule has 0 unspecified atom stereocenters. The number of hydrogen-bond donors (Lipinski definition) is 1. The molecule has 0 atom stereocenters. The quantitative estimate of drug-likeness (QED) is 0.656. The summed E-state index contributed by atoms with van der Waals surface area (Å²) in [5.41, 5.74) is 1.85. The fourth-order valence-electron chi connectivity index (χ4n) is 2.99. The Labute approximate surface area is 143 Å². The normalized spacial score (nSPS) is 18.3. The highest BCUT2D eigenvalue weighted by molar-refractivity contribution is 7.64. The van der Waals surface area contributed by atoms with Crippen molar-refractivity contribution in [3.8, 4) is 0 Å². The number of nitrogens with zero attached hydrogens (tertiary/aromatic N) is 1. The molecule has 1 rings (SSSR count). The van der Waals surface area contributed by atoms with Crippen molar-refractivity contribution in [1.29, 1.82) is 0 Å². The fraction of sp³-hybridized carbons (Fsp3) is 0.684. The third-order valence-electron chi connectivity index (χ3n) is 3.91. The first-order valence-electron chi connectivity index (χ1n) is 8.55. The minimum absolute atomic E-state index is 0.157. The Morgan fingerprint density at radius 3 is 2.00 bits per heavy atom. The van der Waals surface area contributed by atoms with Gasteiger partial charge in [0.25, 0.3) is 0 Å². The zero-order chi connectivity index (χ0) is 17.8. The first kappa shape index (κ1) is 20.4. The summed E-state index contributed by atoms with van der Waals surface area (Å²) >= 11 is 0. The zero-order valence-electron chi connectivity index (χ0n) is 16.1. The van der Waals surface area contributed by atoms with E-state index < -0.39 is 7.92 Å². The van der Waals surface area contributed by atoms with Crippen LogP contribution in [0.1, 0.15) is 55.4 Å². The van der Waals surface area contributed by atoms with Gasteiger partial charge in [0.05, 0.1) is 0 Å². The second-order valence-corrected chi connectivity index (χ2v) is 11.8. The molecule has 0 aromatic rings. The molecule has 0 aliphatic carbocycles. The van der Waals surface area contributed by atoms with E-state index in [0.717, 1.165) is 31.0 Å². The van der Waals surface area contributed by atoms with Gasteiger partial charge >= 0.3 is 0 Å². The van der Waals surface area contributed by atoms with E-state index in [1.807, 2.05) is 0 Å². The smallest absolute Gasteiger partial charge is 0.127 e. The van der Waals surface area contributed by atoms with Gasteiger partial charge in [0.1, 0.15) is 5.83 Å². The van der Waals surface area contributed by atoms with Crippen molar-refractivity contribution in [1.82, 2.24) is 10.2 Å². The Hall–Kier alpha value is -0.660.